The third-order valence-corrected chi connectivity index (χ3v) is 6.72. The van der Waals surface area contributed by atoms with Crippen molar-refractivity contribution in [3.8, 4) is 5.69 Å². The summed E-state index contributed by atoms with van der Waals surface area (Å²) in [5.74, 6) is -1.23. The Morgan fingerprint density at radius 1 is 1.12 bits per heavy atom. The summed E-state index contributed by atoms with van der Waals surface area (Å²) >= 11 is 1.11. The molecule has 0 spiro atoms. The Hall–Kier alpha value is -3.20. The van der Waals surface area contributed by atoms with Crippen LogP contribution in [0.4, 0.5) is 4.39 Å². The van der Waals surface area contributed by atoms with Gasteiger partial charge in [-0.25, -0.2) is 9.37 Å². The number of fused-ring (bicyclic) bond motifs is 1. The lowest BCUT2D eigenvalue weighted by atomic mass is 9.96. The first-order valence-corrected chi connectivity index (χ1v) is 11.3. The molecule has 7 nitrogen and oxygen atoms in total. The van der Waals surface area contributed by atoms with E-state index < -0.39 is 16.6 Å². The van der Waals surface area contributed by atoms with Crippen LogP contribution < -0.4 is 11.3 Å². The predicted molar refractivity (Wildman–Crippen MR) is 121 cm³/mol. The number of nitrogens with zero attached hydrogens (tertiary/aromatic N) is 3. The molecule has 9 heteroatoms. The predicted octanol–water partition coefficient (Wildman–Crippen LogP) is 2.73. The number of carbonyl (C=O) groups is 2. The van der Waals surface area contributed by atoms with Gasteiger partial charge in [0.1, 0.15) is 5.82 Å². The zero-order valence-electron chi connectivity index (χ0n) is 17.5. The minimum Gasteiger partial charge on any atom is -0.369 e. The van der Waals surface area contributed by atoms with Crippen molar-refractivity contribution in [2.24, 2.45) is 11.7 Å². The highest BCUT2D eigenvalue weighted by atomic mass is 32.2. The summed E-state index contributed by atoms with van der Waals surface area (Å²) in [6.07, 6.45) is 1.07. The quantitative estimate of drug-likeness (QED) is 0.472. The fourth-order valence-corrected chi connectivity index (χ4v) is 4.89. The van der Waals surface area contributed by atoms with E-state index in [1.807, 2.05) is 0 Å². The Kier molecular flexibility index (Phi) is 6.27. The zero-order chi connectivity index (χ0) is 22.8. The molecule has 0 radical (unpaired) electrons. The van der Waals surface area contributed by atoms with Gasteiger partial charge in [0.15, 0.2) is 5.16 Å². The topological polar surface area (TPSA) is 98.3 Å². The molecule has 1 saturated heterocycles. The van der Waals surface area contributed by atoms with Crippen LogP contribution in [0, 0.1) is 11.7 Å². The SMILES string of the molecule is CC(Sc1nc2ccccc2c(=O)n1-c1ccccc1F)C(=O)N1CCC(C(N)=O)CC1. The molecule has 1 fully saturated rings. The first kappa shape index (κ1) is 22.0. The van der Waals surface area contributed by atoms with Crippen LogP contribution in [-0.4, -0.2) is 44.6 Å². The van der Waals surface area contributed by atoms with Crippen LogP contribution in [0.5, 0.6) is 0 Å². The van der Waals surface area contributed by atoms with Gasteiger partial charge in [-0.05, 0) is 44.0 Å². The fraction of sp³-hybridized carbons (Fsp3) is 0.304. The Morgan fingerprint density at radius 3 is 2.47 bits per heavy atom. The molecule has 4 rings (SSSR count). The second kappa shape index (κ2) is 9.12. The standard InChI is InChI=1S/C23H23FN4O3S/c1-14(21(30)27-12-10-15(11-13-27)20(25)29)32-23-26-18-8-4-2-6-16(18)22(31)28(23)19-9-5-3-7-17(19)24/h2-9,14-15H,10-13H2,1H3,(H2,25,29). The summed E-state index contributed by atoms with van der Waals surface area (Å²) in [7, 11) is 0. The molecule has 1 unspecified atom stereocenters. The van der Waals surface area contributed by atoms with Crippen molar-refractivity contribution in [3.63, 3.8) is 0 Å². The van der Waals surface area contributed by atoms with Crippen LogP contribution >= 0.6 is 11.8 Å². The average Bonchev–Trinajstić information content (AvgIpc) is 2.80. The van der Waals surface area contributed by atoms with Crippen molar-refractivity contribution >= 4 is 34.5 Å². The van der Waals surface area contributed by atoms with E-state index in [-0.39, 0.29) is 28.6 Å². The van der Waals surface area contributed by atoms with E-state index in [1.165, 1.54) is 16.7 Å². The second-order valence-electron chi connectivity index (χ2n) is 7.77. The zero-order valence-corrected chi connectivity index (χ0v) is 18.3. The van der Waals surface area contributed by atoms with Gasteiger partial charge >= 0.3 is 0 Å². The van der Waals surface area contributed by atoms with Crippen LogP contribution in [0.2, 0.25) is 0 Å². The number of para-hydroxylation sites is 2. The molecule has 2 N–H and O–H groups in total. The summed E-state index contributed by atoms with van der Waals surface area (Å²) in [4.78, 5) is 44.0. The molecule has 32 heavy (non-hydrogen) atoms. The molecular weight excluding hydrogens is 431 g/mol. The number of nitrogens with two attached hydrogens (primary N) is 1. The molecule has 0 aliphatic carbocycles. The second-order valence-corrected chi connectivity index (χ2v) is 9.07. The molecular formula is C23H23FN4O3S. The van der Waals surface area contributed by atoms with Gasteiger partial charge in [0.05, 0.1) is 21.8 Å². The summed E-state index contributed by atoms with van der Waals surface area (Å²) in [5, 5.41) is 0.0468. The summed E-state index contributed by atoms with van der Waals surface area (Å²) in [6.45, 7) is 2.63. The van der Waals surface area contributed by atoms with E-state index >= 15 is 0 Å². The van der Waals surface area contributed by atoms with E-state index in [2.05, 4.69) is 4.98 Å². The molecule has 1 aliphatic heterocycles. The molecule has 3 aromatic rings. The number of amides is 2. The van der Waals surface area contributed by atoms with Crippen molar-refractivity contribution in [1.82, 2.24) is 14.5 Å². The Bertz CT molecular complexity index is 1240. The van der Waals surface area contributed by atoms with Crippen LogP contribution in [0.3, 0.4) is 0 Å². The van der Waals surface area contributed by atoms with E-state index in [1.54, 1.807) is 48.2 Å². The van der Waals surface area contributed by atoms with Crippen molar-refractivity contribution < 1.29 is 14.0 Å². The molecule has 0 bridgehead atoms. The number of benzene rings is 2. The molecule has 2 amide bonds. The minimum atomic E-state index is -0.564. The summed E-state index contributed by atoms with van der Waals surface area (Å²) in [6, 6.07) is 12.8. The lowest BCUT2D eigenvalue weighted by Crippen LogP contribution is -2.44. The number of hydrogen-bond acceptors (Lipinski definition) is 5. The Morgan fingerprint density at radius 2 is 1.78 bits per heavy atom. The fourth-order valence-electron chi connectivity index (χ4n) is 3.89. The Balaban J connectivity index is 1.67. The number of hydrogen-bond donors (Lipinski definition) is 1. The molecule has 1 aliphatic rings. The maximum Gasteiger partial charge on any atom is 0.266 e. The van der Waals surface area contributed by atoms with Gasteiger partial charge in [-0.2, -0.15) is 0 Å². The van der Waals surface area contributed by atoms with Crippen LogP contribution in [0.25, 0.3) is 16.6 Å². The first-order valence-electron chi connectivity index (χ1n) is 10.4. The van der Waals surface area contributed by atoms with Crippen molar-refractivity contribution in [1.29, 1.82) is 0 Å². The normalized spacial score (nSPS) is 15.6. The first-order chi connectivity index (χ1) is 15.4. The van der Waals surface area contributed by atoms with Crippen molar-refractivity contribution in [2.45, 2.75) is 30.2 Å². The highest BCUT2D eigenvalue weighted by Gasteiger charge is 2.30. The van der Waals surface area contributed by atoms with Gasteiger partial charge in [-0.1, -0.05) is 36.0 Å². The van der Waals surface area contributed by atoms with Gasteiger partial charge in [0, 0.05) is 19.0 Å². The lowest BCUT2D eigenvalue weighted by Gasteiger charge is -2.32. The summed E-state index contributed by atoms with van der Waals surface area (Å²) in [5.41, 5.74) is 5.54. The number of primary amides is 1. The van der Waals surface area contributed by atoms with Crippen LogP contribution in [-0.2, 0) is 9.59 Å². The van der Waals surface area contributed by atoms with Gasteiger partial charge < -0.3 is 10.6 Å². The molecule has 2 heterocycles. The van der Waals surface area contributed by atoms with E-state index in [0.29, 0.717) is 36.8 Å². The van der Waals surface area contributed by atoms with E-state index in [9.17, 15) is 18.8 Å². The largest absolute Gasteiger partial charge is 0.369 e. The lowest BCUT2D eigenvalue weighted by molar-refractivity contribution is -0.134. The van der Waals surface area contributed by atoms with Gasteiger partial charge in [-0.3, -0.25) is 19.0 Å². The highest BCUT2D eigenvalue weighted by molar-refractivity contribution is 8.00. The van der Waals surface area contributed by atoms with Crippen molar-refractivity contribution in [3.05, 3.63) is 64.7 Å². The van der Waals surface area contributed by atoms with Gasteiger partial charge in [0.25, 0.3) is 5.56 Å². The number of thioether (sulfide) groups is 1. The molecule has 0 saturated carbocycles. The third-order valence-electron chi connectivity index (χ3n) is 5.68. The van der Waals surface area contributed by atoms with Gasteiger partial charge in [0.2, 0.25) is 11.8 Å². The average molecular weight is 455 g/mol. The Labute approximate surface area is 188 Å². The highest BCUT2D eigenvalue weighted by Crippen LogP contribution is 2.28. The third kappa shape index (κ3) is 4.25. The van der Waals surface area contributed by atoms with Crippen LogP contribution in [0.15, 0.2) is 58.5 Å². The van der Waals surface area contributed by atoms with Crippen molar-refractivity contribution in [2.75, 3.05) is 13.1 Å². The number of rotatable bonds is 5. The number of carbonyl (C=O) groups excluding carboxylic acids is 2. The van der Waals surface area contributed by atoms with Crippen LogP contribution in [0.1, 0.15) is 19.8 Å². The number of piperidine rings is 1. The number of likely N-dealkylation sites (tertiary alicyclic amines) is 1. The maximum absolute atomic E-state index is 14.6. The number of halogens is 1. The monoisotopic (exact) mass is 454 g/mol. The molecule has 166 valence electrons. The van der Waals surface area contributed by atoms with E-state index in [4.69, 9.17) is 5.73 Å². The summed E-state index contributed by atoms with van der Waals surface area (Å²) < 4.78 is 15.8. The molecule has 1 atom stereocenters. The molecule has 1 aromatic heterocycles. The smallest absolute Gasteiger partial charge is 0.266 e. The maximum atomic E-state index is 14.6. The minimum absolute atomic E-state index is 0.0835. The molecule has 2 aromatic carbocycles. The number of aromatic nitrogens is 2. The van der Waals surface area contributed by atoms with E-state index in [0.717, 1.165) is 11.8 Å². The van der Waals surface area contributed by atoms with Gasteiger partial charge in [-0.15, -0.1) is 0 Å².